The summed E-state index contributed by atoms with van der Waals surface area (Å²) < 4.78 is 27.1. The van der Waals surface area contributed by atoms with E-state index >= 15 is 0 Å². The number of sulfonamides is 1. The van der Waals surface area contributed by atoms with Crippen molar-refractivity contribution in [1.82, 2.24) is 19.5 Å². The Hall–Kier alpha value is -3.27. The number of benzene rings is 2. The molecular weight excluding hydrogens is 536 g/mol. The van der Waals surface area contributed by atoms with Gasteiger partial charge in [-0.05, 0) is 73.7 Å². The van der Waals surface area contributed by atoms with Crippen molar-refractivity contribution >= 4 is 33.4 Å². The monoisotopic (exact) mass is 568 g/mol. The fourth-order valence-electron chi connectivity index (χ4n) is 4.50. The number of halogens is 1. The topological polar surface area (TPSA) is 99.7 Å². The largest absolute Gasteiger partial charge is 0.349 e. The van der Waals surface area contributed by atoms with Crippen LogP contribution in [-0.2, 0) is 39.1 Å². The van der Waals surface area contributed by atoms with Crippen LogP contribution >= 0.6 is 11.6 Å². The number of hydrogen-bond donors (Lipinski definition) is 1. The van der Waals surface area contributed by atoms with Crippen LogP contribution in [0.4, 0.5) is 0 Å². The molecule has 1 aliphatic rings. The molecule has 0 bridgehead atoms. The van der Waals surface area contributed by atoms with Gasteiger partial charge in [0.05, 0.1) is 17.1 Å². The minimum atomic E-state index is -3.48. The van der Waals surface area contributed by atoms with Crippen LogP contribution in [0.5, 0.6) is 0 Å². The van der Waals surface area contributed by atoms with Crippen LogP contribution in [0.15, 0.2) is 77.8 Å². The van der Waals surface area contributed by atoms with Crippen molar-refractivity contribution in [2.24, 2.45) is 0 Å². The second-order valence-electron chi connectivity index (χ2n) is 9.62. The lowest BCUT2D eigenvalue weighted by Gasteiger charge is -2.29. The van der Waals surface area contributed by atoms with E-state index in [0.717, 1.165) is 29.7 Å². The maximum absolute atomic E-state index is 13.4. The fraction of sp³-hybridized carbons (Fsp3) is 0.345. The Morgan fingerprint density at radius 1 is 1.00 bits per heavy atom. The highest BCUT2D eigenvalue weighted by Gasteiger charge is 2.28. The molecule has 206 valence electrons. The summed E-state index contributed by atoms with van der Waals surface area (Å²) in [6.45, 7) is 3.33. The number of carbonyl (C=O) groups is 2. The molecule has 0 radical (unpaired) electrons. The SMILES string of the molecule is CC(C(=O)NCc1ccccn1)N(Cc1ccc(Cl)cc1)C(=O)CCc1ccc(S(=O)(=O)N2CCCC2)cc1. The Morgan fingerprint density at radius 3 is 2.31 bits per heavy atom. The van der Waals surface area contributed by atoms with Crippen molar-refractivity contribution in [1.29, 1.82) is 0 Å². The molecular formula is C29H33ClN4O4S. The Kier molecular flexibility index (Phi) is 9.72. The molecule has 8 nitrogen and oxygen atoms in total. The Morgan fingerprint density at radius 2 is 1.67 bits per heavy atom. The number of aromatic nitrogens is 1. The zero-order valence-corrected chi connectivity index (χ0v) is 23.5. The van der Waals surface area contributed by atoms with Gasteiger partial charge in [-0.1, -0.05) is 41.9 Å². The number of hydrogen-bond acceptors (Lipinski definition) is 5. The summed E-state index contributed by atoms with van der Waals surface area (Å²) >= 11 is 6.03. The summed E-state index contributed by atoms with van der Waals surface area (Å²) in [5.41, 5.74) is 2.43. The van der Waals surface area contributed by atoms with Crippen LogP contribution < -0.4 is 5.32 Å². The van der Waals surface area contributed by atoms with E-state index in [0.29, 0.717) is 24.5 Å². The quantitative estimate of drug-likeness (QED) is 0.374. The third-order valence-electron chi connectivity index (χ3n) is 6.86. The fourth-order valence-corrected chi connectivity index (χ4v) is 6.14. The lowest BCUT2D eigenvalue weighted by Crippen LogP contribution is -2.47. The summed E-state index contributed by atoms with van der Waals surface area (Å²) in [4.78, 5) is 32.5. The number of carbonyl (C=O) groups excluding carboxylic acids is 2. The van der Waals surface area contributed by atoms with Gasteiger partial charge in [-0.3, -0.25) is 14.6 Å². The third-order valence-corrected chi connectivity index (χ3v) is 9.02. The smallest absolute Gasteiger partial charge is 0.243 e. The van der Waals surface area contributed by atoms with E-state index in [2.05, 4.69) is 10.3 Å². The van der Waals surface area contributed by atoms with Gasteiger partial charge in [0.2, 0.25) is 21.8 Å². The first-order valence-electron chi connectivity index (χ1n) is 13.0. The van der Waals surface area contributed by atoms with Gasteiger partial charge in [-0.2, -0.15) is 4.31 Å². The van der Waals surface area contributed by atoms with Crippen molar-refractivity contribution in [3.05, 3.63) is 94.8 Å². The highest BCUT2D eigenvalue weighted by Crippen LogP contribution is 2.22. The zero-order valence-electron chi connectivity index (χ0n) is 21.9. The molecule has 1 unspecified atom stereocenters. The Labute approximate surface area is 235 Å². The van der Waals surface area contributed by atoms with E-state index in [9.17, 15) is 18.0 Å². The molecule has 1 N–H and O–H groups in total. The van der Waals surface area contributed by atoms with Crippen molar-refractivity contribution < 1.29 is 18.0 Å². The maximum atomic E-state index is 13.4. The second-order valence-corrected chi connectivity index (χ2v) is 12.0. The van der Waals surface area contributed by atoms with E-state index in [1.807, 2.05) is 24.3 Å². The van der Waals surface area contributed by atoms with Crippen LogP contribution in [0.3, 0.4) is 0 Å². The molecule has 1 aromatic heterocycles. The molecule has 2 amide bonds. The standard InChI is InChI=1S/C29H33ClN4O4S/c1-22(29(36)32-20-26-6-2-3-17-31-26)34(21-24-7-12-25(30)13-8-24)28(35)16-11-23-9-14-27(15-10-23)39(37,38)33-18-4-5-19-33/h2-3,6-10,12-15,17,22H,4-5,11,16,18-21H2,1H3,(H,32,36). The molecule has 1 atom stereocenters. The molecule has 3 aromatic rings. The first-order valence-corrected chi connectivity index (χ1v) is 14.9. The van der Waals surface area contributed by atoms with Crippen molar-refractivity contribution in [3.8, 4) is 0 Å². The number of aryl methyl sites for hydroxylation is 1. The highest BCUT2D eigenvalue weighted by atomic mass is 35.5. The van der Waals surface area contributed by atoms with Gasteiger partial charge in [-0.25, -0.2) is 8.42 Å². The molecule has 1 fully saturated rings. The average Bonchev–Trinajstić information content (AvgIpc) is 3.51. The van der Waals surface area contributed by atoms with Gasteiger partial charge >= 0.3 is 0 Å². The first kappa shape index (κ1) is 28.7. The minimum absolute atomic E-state index is 0.170. The average molecular weight is 569 g/mol. The lowest BCUT2D eigenvalue weighted by atomic mass is 10.1. The highest BCUT2D eigenvalue weighted by molar-refractivity contribution is 7.89. The summed E-state index contributed by atoms with van der Waals surface area (Å²) in [5, 5.41) is 3.46. The predicted molar refractivity (Wildman–Crippen MR) is 150 cm³/mol. The van der Waals surface area contributed by atoms with Crippen LogP contribution in [0.1, 0.15) is 43.0 Å². The van der Waals surface area contributed by atoms with Crippen molar-refractivity contribution in [3.63, 3.8) is 0 Å². The van der Waals surface area contributed by atoms with Gasteiger partial charge in [0.25, 0.3) is 0 Å². The van der Waals surface area contributed by atoms with Gasteiger partial charge in [0.15, 0.2) is 0 Å². The van der Waals surface area contributed by atoms with Crippen LogP contribution in [0, 0.1) is 0 Å². The van der Waals surface area contributed by atoms with E-state index in [4.69, 9.17) is 11.6 Å². The molecule has 2 aromatic carbocycles. The van der Waals surface area contributed by atoms with Gasteiger partial charge in [0.1, 0.15) is 6.04 Å². The second kappa shape index (κ2) is 13.2. The summed E-state index contributed by atoms with van der Waals surface area (Å²) in [6, 6.07) is 18.6. The van der Waals surface area contributed by atoms with E-state index in [-0.39, 0.29) is 36.2 Å². The zero-order chi connectivity index (χ0) is 27.8. The number of nitrogens with one attached hydrogen (secondary N) is 1. The molecule has 0 spiro atoms. The maximum Gasteiger partial charge on any atom is 0.243 e. The summed E-state index contributed by atoms with van der Waals surface area (Å²) in [5.74, 6) is -0.460. The number of pyridine rings is 1. The van der Waals surface area contributed by atoms with Gasteiger partial charge < -0.3 is 10.2 Å². The van der Waals surface area contributed by atoms with Crippen molar-refractivity contribution in [2.75, 3.05) is 13.1 Å². The van der Waals surface area contributed by atoms with Crippen molar-refractivity contribution in [2.45, 2.75) is 56.6 Å². The molecule has 0 aliphatic carbocycles. The first-order chi connectivity index (χ1) is 18.7. The molecule has 2 heterocycles. The number of amides is 2. The van der Waals surface area contributed by atoms with Crippen LogP contribution in [-0.4, -0.2) is 53.6 Å². The predicted octanol–water partition coefficient (Wildman–Crippen LogP) is 4.19. The molecule has 39 heavy (non-hydrogen) atoms. The molecule has 1 aliphatic heterocycles. The van der Waals surface area contributed by atoms with Gasteiger partial charge in [-0.15, -0.1) is 0 Å². The molecule has 0 saturated carbocycles. The van der Waals surface area contributed by atoms with E-state index < -0.39 is 16.1 Å². The minimum Gasteiger partial charge on any atom is -0.349 e. The number of rotatable bonds is 11. The summed E-state index contributed by atoms with van der Waals surface area (Å²) in [7, 11) is -3.48. The Bertz CT molecular complexity index is 1360. The van der Waals surface area contributed by atoms with Crippen LogP contribution in [0.25, 0.3) is 0 Å². The third kappa shape index (κ3) is 7.65. The van der Waals surface area contributed by atoms with Crippen LogP contribution in [0.2, 0.25) is 5.02 Å². The Balaban J connectivity index is 1.42. The number of nitrogens with zero attached hydrogens (tertiary/aromatic N) is 3. The van der Waals surface area contributed by atoms with E-state index in [1.54, 1.807) is 60.5 Å². The van der Waals surface area contributed by atoms with E-state index in [1.165, 1.54) is 4.31 Å². The normalized spacial score (nSPS) is 14.6. The molecule has 4 rings (SSSR count). The molecule has 10 heteroatoms. The lowest BCUT2D eigenvalue weighted by molar-refractivity contribution is -0.140. The van der Waals surface area contributed by atoms with Gasteiger partial charge in [0, 0.05) is 37.3 Å². The molecule has 1 saturated heterocycles. The summed E-state index contributed by atoms with van der Waals surface area (Å²) in [6.07, 6.45) is 4.01.